The van der Waals surface area contributed by atoms with Gasteiger partial charge in [-0.3, -0.25) is 4.90 Å². The molecule has 0 spiro atoms. The summed E-state index contributed by atoms with van der Waals surface area (Å²) in [6, 6.07) is 1.32. The molecule has 0 radical (unpaired) electrons. The van der Waals surface area contributed by atoms with Gasteiger partial charge in [-0.15, -0.1) is 0 Å². The summed E-state index contributed by atoms with van der Waals surface area (Å²) in [4.78, 5) is 1.63. The first-order valence-corrected chi connectivity index (χ1v) is 4.53. The normalized spacial score (nSPS) is 14.5. The Balaban J connectivity index is 4.39. The van der Waals surface area contributed by atoms with Gasteiger partial charge < -0.3 is 0 Å². The van der Waals surface area contributed by atoms with Crippen molar-refractivity contribution in [3.05, 3.63) is 0 Å². The molecule has 1 unspecified atom stereocenters. The molecule has 0 N–H and O–H groups in total. The summed E-state index contributed by atoms with van der Waals surface area (Å²) >= 11 is 0. The van der Waals surface area contributed by atoms with Crippen LogP contribution in [0.25, 0.3) is 0 Å². The summed E-state index contributed by atoms with van der Waals surface area (Å²) in [5, 5.41) is 8.39. The van der Waals surface area contributed by atoms with Gasteiger partial charge in [0.1, 0.15) is 0 Å². The van der Waals surface area contributed by atoms with Gasteiger partial charge in [0.2, 0.25) is 0 Å². The quantitative estimate of drug-likeness (QED) is 0.709. The predicted molar refractivity (Wildman–Crippen MR) is 47.5 cm³/mol. The Kier molecular flexibility index (Phi) is 4.92. The van der Waals surface area contributed by atoms with E-state index in [0.717, 1.165) is 0 Å². The standard InChI is InChI=1S/C9H15F3N2/c1-4-14(7(2)3)6-8(5-13)9(10,11)12/h7-8H,4,6H2,1-3H3. The fourth-order valence-corrected chi connectivity index (χ4v) is 1.16. The van der Waals surface area contributed by atoms with E-state index >= 15 is 0 Å². The molecule has 0 aliphatic heterocycles. The Morgan fingerprint density at radius 1 is 1.36 bits per heavy atom. The largest absolute Gasteiger partial charge is 0.405 e. The highest BCUT2D eigenvalue weighted by Crippen LogP contribution is 2.26. The van der Waals surface area contributed by atoms with Crippen molar-refractivity contribution in [3.63, 3.8) is 0 Å². The number of halogens is 3. The highest BCUT2D eigenvalue weighted by atomic mass is 19.4. The lowest BCUT2D eigenvalue weighted by atomic mass is 10.1. The van der Waals surface area contributed by atoms with Crippen LogP contribution in [0, 0.1) is 17.2 Å². The highest BCUT2D eigenvalue weighted by Gasteiger charge is 2.40. The molecule has 0 aromatic carbocycles. The van der Waals surface area contributed by atoms with Crippen molar-refractivity contribution >= 4 is 0 Å². The van der Waals surface area contributed by atoms with Crippen molar-refractivity contribution < 1.29 is 13.2 Å². The lowest BCUT2D eigenvalue weighted by Crippen LogP contribution is -2.39. The first-order valence-electron chi connectivity index (χ1n) is 4.53. The Hall–Kier alpha value is -0.760. The van der Waals surface area contributed by atoms with Crippen molar-refractivity contribution in [3.8, 4) is 6.07 Å². The van der Waals surface area contributed by atoms with Crippen LogP contribution in [0.2, 0.25) is 0 Å². The van der Waals surface area contributed by atoms with Gasteiger partial charge in [0.25, 0.3) is 0 Å². The molecule has 5 heteroatoms. The Labute approximate surface area is 82.3 Å². The number of nitrogens with zero attached hydrogens (tertiary/aromatic N) is 2. The second-order valence-electron chi connectivity index (χ2n) is 3.40. The number of alkyl halides is 3. The molecule has 0 saturated heterocycles. The average molecular weight is 208 g/mol. The predicted octanol–water partition coefficient (Wildman–Crippen LogP) is 2.42. The summed E-state index contributed by atoms with van der Waals surface area (Å²) in [5.41, 5.74) is 0. The van der Waals surface area contributed by atoms with Crippen LogP contribution in [0.15, 0.2) is 0 Å². The number of hydrogen-bond acceptors (Lipinski definition) is 2. The van der Waals surface area contributed by atoms with Crippen LogP contribution in [-0.2, 0) is 0 Å². The van der Waals surface area contributed by atoms with Gasteiger partial charge >= 0.3 is 6.18 Å². The van der Waals surface area contributed by atoms with Gasteiger partial charge in [-0.25, -0.2) is 0 Å². The van der Waals surface area contributed by atoms with E-state index < -0.39 is 12.1 Å². The second kappa shape index (κ2) is 5.20. The van der Waals surface area contributed by atoms with E-state index in [1.807, 2.05) is 13.8 Å². The minimum atomic E-state index is -4.42. The van der Waals surface area contributed by atoms with Crippen LogP contribution in [0.1, 0.15) is 20.8 Å². The smallest absolute Gasteiger partial charge is 0.300 e. The van der Waals surface area contributed by atoms with Crippen molar-refractivity contribution in [2.24, 2.45) is 5.92 Å². The molecule has 0 aromatic heterocycles. The fraction of sp³-hybridized carbons (Fsp3) is 0.889. The molecule has 0 aliphatic rings. The van der Waals surface area contributed by atoms with Crippen molar-refractivity contribution in [2.75, 3.05) is 13.1 Å². The molecule has 0 aromatic rings. The van der Waals surface area contributed by atoms with Crippen molar-refractivity contribution in [2.45, 2.75) is 33.0 Å². The third-order valence-corrected chi connectivity index (χ3v) is 2.10. The van der Waals surface area contributed by atoms with Crippen LogP contribution >= 0.6 is 0 Å². The monoisotopic (exact) mass is 208 g/mol. The van der Waals surface area contributed by atoms with Crippen LogP contribution in [0.3, 0.4) is 0 Å². The van der Waals surface area contributed by atoms with E-state index in [2.05, 4.69) is 0 Å². The summed E-state index contributed by atoms with van der Waals surface area (Å²) in [5.74, 6) is -1.88. The van der Waals surface area contributed by atoms with Gasteiger partial charge in [0, 0.05) is 12.6 Å². The van der Waals surface area contributed by atoms with E-state index in [1.54, 1.807) is 11.8 Å². The summed E-state index contributed by atoms with van der Waals surface area (Å²) in [6.07, 6.45) is -4.42. The first-order chi connectivity index (χ1) is 6.32. The number of hydrogen-bond donors (Lipinski definition) is 0. The van der Waals surface area contributed by atoms with Gasteiger partial charge in [-0.1, -0.05) is 6.92 Å². The molecular weight excluding hydrogens is 193 g/mol. The molecule has 0 fully saturated rings. The molecule has 0 heterocycles. The topological polar surface area (TPSA) is 27.0 Å². The van der Waals surface area contributed by atoms with Gasteiger partial charge in [-0.05, 0) is 20.4 Å². The van der Waals surface area contributed by atoms with E-state index in [1.165, 1.54) is 6.07 Å². The Morgan fingerprint density at radius 3 is 2.07 bits per heavy atom. The zero-order valence-corrected chi connectivity index (χ0v) is 8.60. The molecule has 2 nitrogen and oxygen atoms in total. The lowest BCUT2D eigenvalue weighted by molar-refractivity contribution is -0.163. The van der Waals surface area contributed by atoms with Gasteiger partial charge in [-0.2, -0.15) is 18.4 Å². The lowest BCUT2D eigenvalue weighted by Gasteiger charge is -2.27. The summed E-state index contributed by atoms with van der Waals surface area (Å²) < 4.78 is 36.7. The zero-order chi connectivity index (χ0) is 11.4. The maximum atomic E-state index is 12.2. The van der Waals surface area contributed by atoms with Crippen LogP contribution in [0.5, 0.6) is 0 Å². The molecular formula is C9H15F3N2. The summed E-state index contributed by atoms with van der Waals surface area (Å²) in [7, 11) is 0. The van der Waals surface area contributed by atoms with Crippen molar-refractivity contribution in [1.29, 1.82) is 5.26 Å². The van der Waals surface area contributed by atoms with Crippen molar-refractivity contribution in [1.82, 2.24) is 4.90 Å². The van der Waals surface area contributed by atoms with E-state index in [0.29, 0.717) is 6.54 Å². The number of nitriles is 1. The van der Waals surface area contributed by atoms with E-state index in [4.69, 9.17) is 5.26 Å². The zero-order valence-electron chi connectivity index (χ0n) is 8.60. The van der Waals surface area contributed by atoms with Crippen LogP contribution in [-0.4, -0.2) is 30.2 Å². The Bertz CT molecular complexity index is 205. The third kappa shape index (κ3) is 3.97. The minimum absolute atomic E-state index is 0.0261. The highest BCUT2D eigenvalue weighted by molar-refractivity contribution is 4.90. The second-order valence-corrected chi connectivity index (χ2v) is 3.40. The number of rotatable bonds is 4. The van der Waals surface area contributed by atoms with Gasteiger partial charge in [0.05, 0.1) is 6.07 Å². The molecule has 82 valence electrons. The molecule has 0 bridgehead atoms. The molecule has 0 saturated carbocycles. The molecule has 0 aliphatic carbocycles. The van der Waals surface area contributed by atoms with Crippen LogP contribution in [0.4, 0.5) is 13.2 Å². The van der Waals surface area contributed by atoms with Gasteiger partial charge in [0.15, 0.2) is 5.92 Å². The fourth-order valence-electron chi connectivity index (χ4n) is 1.16. The van der Waals surface area contributed by atoms with Crippen LogP contribution < -0.4 is 0 Å². The minimum Gasteiger partial charge on any atom is -0.300 e. The maximum absolute atomic E-state index is 12.2. The molecule has 1 atom stereocenters. The van der Waals surface area contributed by atoms with E-state index in [9.17, 15) is 13.2 Å². The van der Waals surface area contributed by atoms with E-state index in [-0.39, 0.29) is 12.6 Å². The molecule has 0 amide bonds. The molecule has 0 rings (SSSR count). The average Bonchev–Trinajstić information content (AvgIpc) is 2.03. The maximum Gasteiger partial charge on any atom is 0.405 e. The summed E-state index contributed by atoms with van der Waals surface area (Å²) in [6.45, 7) is 5.69. The molecule has 14 heavy (non-hydrogen) atoms. The SMILES string of the molecule is CCN(CC(C#N)C(F)(F)F)C(C)C. The first kappa shape index (κ1) is 13.2. The Morgan fingerprint density at radius 2 is 1.86 bits per heavy atom. The third-order valence-electron chi connectivity index (χ3n) is 2.10.